The lowest BCUT2D eigenvalue weighted by Crippen LogP contribution is -2.41. The molecule has 1 aromatic rings. The molecular formula is C12H14BrNO3S. The molecule has 1 aliphatic rings. The summed E-state index contributed by atoms with van der Waals surface area (Å²) in [5.74, 6) is 1.83. The van der Waals surface area contributed by atoms with Crippen molar-refractivity contribution < 1.29 is 13.7 Å². The molecule has 18 heavy (non-hydrogen) atoms. The van der Waals surface area contributed by atoms with Crippen molar-refractivity contribution in [3.63, 3.8) is 0 Å². The maximum atomic E-state index is 12.2. The van der Waals surface area contributed by atoms with Gasteiger partial charge in [0.25, 0.3) is 5.91 Å². The number of nitrogens with zero attached hydrogens (tertiary/aromatic N) is 1. The van der Waals surface area contributed by atoms with Crippen molar-refractivity contribution in [3.05, 3.63) is 28.2 Å². The van der Waals surface area contributed by atoms with Gasteiger partial charge in [0, 0.05) is 41.0 Å². The summed E-state index contributed by atoms with van der Waals surface area (Å²) in [6.07, 6.45) is 0. The zero-order valence-corrected chi connectivity index (χ0v) is 12.4. The summed E-state index contributed by atoms with van der Waals surface area (Å²) in [4.78, 5) is 14.0. The summed E-state index contributed by atoms with van der Waals surface area (Å²) in [6, 6.07) is 5.27. The second kappa shape index (κ2) is 5.84. The van der Waals surface area contributed by atoms with Crippen LogP contribution in [0.2, 0.25) is 0 Å². The van der Waals surface area contributed by atoms with Gasteiger partial charge in [0.2, 0.25) is 0 Å². The van der Waals surface area contributed by atoms with Gasteiger partial charge in [-0.15, -0.1) is 0 Å². The van der Waals surface area contributed by atoms with E-state index < -0.39 is 10.8 Å². The van der Waals surface area contributed by atoms with E-state index in [0.717, 1.165) is 4.47 Å². The van der Waals surface area contributed by atoms with E-state index in [1.807, 2.05) is 0 Å². The summed E-state index contributed by atoms with van der Waals surface area (Å²) in [6.45, 7) is 1.13. The summed E-state index contributed by atoms with van der Waals surface area (Å²) in [7, 11) is 0.818. The molecule has 1 heterocycles. The Hall–Kier alpha value is -0.880. The molecule has 98 valence electrons. The van der Waals surface area contributed by atoms with E-state index in [1.165, 1.54) is 0 Å². The van der Waals surface area contributed by atoms with Crippen LogP contribution in [0.1, 0.15) is 10.4 Å². The van der Waals surface area contributed by atoms with Gasteiger partial charge in [0.1, 0.15) is 5.75 Å². The average molecular weight is 332 g/mol. The third-order valence-corrected chi connectivity index (χ3v) is 4.76. The van der Waals surface area contributed by atoms with Gasteiger partial charge in [0.05, 0.1) is 11.6 Å². The van der Waals surface area contributed by atoms with Crippen LogP contribution in [0, 0.1) is 0 Å². The molecule has 0 aliphatic carbocycles. The lowest BCUT2D eigenvalue weighted by Gasteiger charge is -2.26. The third kappa shape index (κ3) is 2.92. The van der Waals surface area contributed by atoms with Crippen molar-refractivity contribution in [2.24, 2.45) is 0 Å². The van der Waals surface area contributed by atoms with Gasteiger partial charge in [-0.3, -0.25) is 9.00 Å². The van der Waals surface area contributed by atoms with Crippen LogP contribution in [-0.4, -0.2) is 46.7 Å². The molecule has 1 aliphatic heterocycles. The second-order valence-corrected chi connectivity index (χ2v) is 6.54. The Labute approximate surface area is 117 Å². The zero-order chi connectivity index (χ0) is 13.1. The number of methoxy groups -OCH3 is 1. The number of hydrogen-bond acceptors (Lipinski definition) is 3. The van der Waals surface area contributed by atoms with Crippen LogP contribution in [0.5, 0.6) is 5.75 Å². The van der Waals surface area contributed by atoms with Crippen molar-refractivity contribution in [3.8, 4) is 5.75 Å². The van der Waals surface area contributed by atoms with E-state index in [-0.39, 0.29) is 5.91 Å². The highest BCUT2D eigenvalue weighted by atomic mass is 79.9. The molecule has 1 amide bonds. The minimum absolute atomic E-state index is 0.0185. The van der Waals surface area contributed by atoms with E-state index in [1.54, 1.807) is 30.2 Å². The molecule has 0 radical (unpaired) electrons. The van der Waals surface area contributed by atoms with Gasteiger partial charge >= 0.3 is 0 Å². The van der Waals surface area contributed by atoms with Gasteiger partial charge < -0.3 is 9.64 Å². The average Bonchev–Trinajstić information content (AvgIpc) is 2.38. The summed E-state index contributed by atoms with van der Waals surface area (Å²) in [5, 5.41) is 0. The number of amides is 1. The van der Waals surface area contributed by atoms with Gasteiger partial charge in [-0.05, 0) is 34.1 Å². The minimum atomic E-state index is -0.766. The number of ether oxygens (including phenoxy) is 1. The normalized spacial score (nSPS) is 16.7. The lowest BCUT2D eigenvalue weighted by atomic mass is 10.2. The number of hydrogen-bond donors (Lipinski definition) is 0. The molecule has 0 spiro atoms. The maximum Gasteiger partial charge on any atom is 0.253 e. The molecule has 1 saturated heterocycles. The molecule has 0 unspecified atom stereocenters. The van der Waals surface area contributed by atoms with Crippen molar-refractivity contribution in [1.82, 2.24) is 4.90 Å². The van der Waals surface area contributed by atoms with Gasteiger partial charge in [-0.2, -0.15) is 0 Å². The van der Waals surface area contributed by atoms with Crippen LogP contribution in [0.25, 0.3) is 0 Å². The minimum Gasteiger partial charge on any atom is -0.496 e. The van der Waals surface area contributed by atoms with Gasteiger partial charge in [-0.1, -0.05) is 0 Å². The largest absolute Gasteiger partial charge is 0.496 e. The topological polar surface area (TPSA) is 46.6 Å². The SMILES string of the molecule is COc1ccc(C(=O)N2CCS(=O)CC2)cc1Br. The summed E-state index contributed by atoms with van der Waals surface area (Å²) >= 11 is 3.36. The number of halogens is 1. The predicted octanol–water partition coefficient (Wildman–Crippen LogP) is 1.66. The molecule has 0 saturated carbocycles. The van der Waals surface area contributed by atoms with Crippen LogP contribution in [0.15, 0.2) is 22.7 Å². The molecule has 1 aromatic carbocycles. The first kappa shape index (κ1) is 13.5. The quantitative estimate of drug-likeness (QED) is 0.828. The van der Waals surface area contributed by atoms with Crippen LogP contribution in [-0.2, 0) is 10.8 Å². The fourth-order valence-electron chi connectivity index (χ4n) is 1.82. The molecule has 0 aromatic heterocycles. The Morgan fingerprint density at radius 1 is 1.39 bits per heavy atom. The first-order valence-corrected chi connectivity index (χ1v) is 7.87. The van der Waals surface area contributed by atoms with E-state index in [9.17, 15) is 9.00 Å². The Morgan fingerprint density at radius 2 is 2.06 bits per heavy atom. The molecule has 4 nitrogen and oxygen atoms in total. The summed E-state index contributed by atoms with van der Waals surface area (Å²) < 4.78 is 17.1. The number of benzene rings is 1. The lowest BCUT2D eigenvalue weighted by molar-refractivity contribution is 0.0771. The summed E-state index contributed by atoms with van der Waals surface area (Å²) in [5.41, 5.74) is 0.621. The van der Waals surface area contributed by atoms with Crippen molar-refractivity contribution in [2.75, 3.05) is 31.7 Å². The maximum absolute atomic E-state index is 12.2. The van der Waals surface area contributed by atoms with Crippen molar-refractivity contribution >= 4 is 32.6 Å². The molecule has 6 heteroatoms. The van der Waals surface area contributed by atoms with Gasteiger partial charge in [0.15, 0.2) is 0 Å². The van der Waals surface area contributed by atoms with Crippen LogP contribution >= 0.6 is 15.9 Å². The zero-order valence-electron chi connectivity index (χ0n) is 10.0. The highest BCUT2D eigenvalue weighted by molar-refractivity contribution is 9.10. The monoisotopic (exact) mass is 331 g/mol. The second-order valence-electron chi connectivity index (χ2n) is 3.99. The Kier molecular flexibility index (Phi) is 4.40. The van der Waals surface area contributed by atoms with Crippen molar-refractivity contribution in [2.45, 2.75) is 0 Å². The molecule has 2 rings (SSSR count). The fraction of sp³-hybridized carbons (Fsp3) is 0.417. The molecule has 0 bridgehead atoms. The molecule has 0 atom stereocenters. The Balaban J connectivity index is 2.13. The highest BCUT2D eigenvalue weighted by Gasteiger charge is 2.21. The van der Waals surface area contributed by atoms with E-state index in [0.29, 0.717) is 35.9 Å². The molecule has 0 N–H and O–H groups in total. The van der Waals surface area contributed by atoms with Crippen LogP contribution in [0.3, 0.4) is 0 Å². The van der Waals surface area contributed by atoms with E-state index >= 15 is 0 Å². The van der Waals surface area contributed by atoms with E-state index in [2.05, 4.69) is 15.9 Å². The fourth-order valence-corrected chi connectivity index (χ4v) is 3.42. The van der Waals surface area contributed by atoms with Crippen LogP contribution < -0.4 is 4.74 Å². The van der Waals surface area contributed by atoms with Gasteiger partial charge in [-0.25, -0.2) is 0 Å². The number of carbonyl (C=O) groups excluding carboxylic acids is 1. The van der Waals surface area contributed by atoms with Crippen molar-refractivity contribution in [1.29, 1.82) is 0 Å². The Bertz CT molecular complexity index is 482. The third-order valence-electron chi connectivity index (χ3n) is 2.86. The Morgan fingerprint density at radius 3 is 2.61 bits per heavy atom. The standard InChI is InChI=1S/C12H14BrNO3S/c1-17-11-3-2-9(8-10(11)13)12(15)14-4-6-18(16)7-5-14/h2-3,8H,4-7H2,1H3. The smallest absolute Gasteiger partial charge is 0.253 e. The number of rotatable bonds is 2. The highest BCUT2D eigenvalue weighted by Crippen LogP contribution is 2.26. The first-order chi connectivity index (χ1) is 8.61. The predicted molar refractivity (Wildman–Crippen MR) is 74.5 cm³/mol. The van der Waals surface area contributed by atoms with Crippen LogP contribution in [0.4, 0.5) is 0 Å². The number of carbonyl (C=O) groups is 1. The molecule has 1 fully saturated rings. The molecular weight excluding hydrogens is 318 g/mol. The first-order valence-electron chi connectivity index (χ1n) is 5.59. The van der Waals surface area contributed by atoms with E-state index in [4.69, 9.17) is 4.74 Å².